The first-order valence-corrected chi connectivity index (χ1v) is 16.9. The van der Waals surface area contributed by atoms with E-state index in [0.717, 1.165) is 25.7 Å². The van der Waals surface area contributed by atoms with Crippen LogP contribution >= 0.6 is 11.6 Å². The number of aliphatic carboxylic acids is 1. The lowest BCUT2D eigenvalue weighted by Gasteiger charge is -2.38. The summed E-state index contributed by atoms with van der Waals surface area (Å²) in [5.41, 5.74) is 0.445. The molecule has 2 aromatic heterocycles. The molecule has 2 fully saturated rings. The first kappa shape index (κ1) is 34.7. The van der Waals surface area contributed by atoms with Gasteiger partial charge in [0.05, 0.1) is 16.8 Å². The number of hydrogen-bond donors (Lipinski definition) is 5. The Morgan fingerprint density at radius 2 is 1.79 bits per heavy atom. The number of nitrogens with one attached hydrogen (secondary N) is 1. The number of ether oxygens (including phenoxy) is 2. The van der Waals surface area contributed by atoms with E-state index in [1.165, 1.54) is 48.1 Å². The molecule has 3 heterocycles. The van der Waals surface area contributed by atoms with Crippen molar-refractivity contribution in [2.75, 3.05) is 36.7 Å². The number of anilines is 2. The maximum Gasteiger partial charge on any atom is 0.335 e. The number of hydrogen-bond acceptors (Lipinski definition) is 12. The van der Waals surface area contributed by atoms with E-state index < -0.39 is 52.7 Å². The van der Waals surface area contributed by atoms with Crippen molar-refractivity contribution >= 4 is 56.2 Å². The highest BCUT2D eigenvalue weighted by Crippen LogP contribution is 2.36. The van der Waals surface area contributed by atoms with Crippen LogP contribution in [0.1, 0.15) is 25.7 Å². The average molecular weight is 697 g/mol. The lowest BCUT2D eigenvalue weighted by Crippen LogP contribution is -2.61. The summed E-state index contributed by atoms with van der Waals surface area (Å²) < 4.78 is 38.7. The van der Waals surface area contributed by atoms with Crippen molar-refractivity contribution in [3.05, 3.63) is 41.8 Å². The van der Waals surface area contributed by atoms with Crippen molar-refractivity contribution in [1.82, 2.24) is 19.3 Å². The zero-order valence-corrected chi connectivity index (χ0v) is 27.4. The zero-order chi connectivity index (χ0) is 34.2. The number of halogens is 1. The fourth-order valence-electron chi connectivity index (χ4n) is 6.03. The SMILES string of the molecule is CNS(=O)(=O)C[C@H]1CC[C@H](N(C)c2ncnc3c2ccn3C(=O)N(C)c2cc(Cl)ccc2O[C@@H]2O[C@H](C(=O)O)[C@@H](O)[C@H](O)[C@H]2O)CC1. The molecule has 1 saturated carbocycles. The highest BCUT2D eigenvalue weighted by molar-refractivity contribution is 7.89. The van der Waals surface area contributed by atoms with Crippen molar-refractivity contribution in [2.24, 2.45) is 5.92 Å². The summed E-state index contributed by atoms with van der Waals surface area (Å²) in [4.78, 5) is 37.5. The molecular formula is C29H37ClN6O10S. The number of aliphatic hydroxyl groups is 3. The number of benzene rings is 1. The highest BCUT2D eigenvalue weighted by Gasteiger charge is 2.48. The van der Waals surface area contributed by atoms with Crippen LogP contribution in [-0.4, -0.2) is 119 Å². The van der Waals surface area contributed by atoms with Crippen LogP contribution in [0.5, 0.6) is 5.75 Å². The quantitative estimate of drug-likeness (QED) is 0.211. The molecule has 256 valence electrons. The smallest absolute Gasteiger partial charge is 0.335 e. The van der Waals surface area contributed by atoms with Gasteiger partial charge in [0, 0.05) is 31.4 Å². The third-order valence-corrected chi connectivity index (χ3v) is 10.5. The fraction of sp³-hybridized carbons (Fsp3) is 0.517. The molecule has 3 aromatic rings. The summed E-state index contributed by atoms with van der Waals surface area (Å²) in [6.07, 6.45) is -3.24. The Bertz CT molecular complexity index is 1730. The monoisotopic (exact) mass is 696 g/mol. The van der Waals surface area contributed by atoms with Crippen LogP contribution in [0.2, 0.25) is 5.02 Å². The minimum absolute atomic E-state index is 0.0355. The highest BCUT2D eigenvalue weighted by atomic mass is 35.5. The van der Waals surface area contributed by atoms with E-state index in [9.17, 15) is 38.4 Å². The average Bonchev–Trinajstić information content (AvgIpc) is 3.49. The molecule has 0 spiro atoms. The lowest BCUT2D eigenvalue weighted by atomic mass is 9.86. The molecule has 1 aromatic carbocycles. The Morgan fingerprint density at radius 3 is 2.45 bits per heavy atom. The molecule has 0 unspecified atom stereocenters. The van der Waals surface area contributed by atoms with Crippen molar-refractivity contribution in [1.29, 1.82) is 0 Å². The standard InChI is InChI=1S/C29H37ClN6O10S/c1-31-47(43,44)13-15-4-7-17(8-5-15)34(2)25-18-10-11-36(26(18)33-14-32-25)29(42)35(3)19-12-16(30)6-9-20(19)45-28-23(39)21(37)22(38)24(46-28)27(40)41/h6,9-12,14-15,17,21-24,28,31,37-39H,4-5,7-8,13H2,1-3H3,(H,40,41)/t15-,17-,21-,22-,23+,24-,28+/m0/s1. The number of sulfonamides is 1. The Hall–Kier alpha value is -3.58. The third-order valence-electron chi connectivity index (χ3n) is 8.76. The number of carbonyl (C=O) groups is 2. The Morgan fingerprint density at radius 1 is 1.09 bits per heavy atom. The van der Waals surface area contributed by atoms with Gasteiger partial charge in [-0.25, -0.2) is 32.7 Å². The van der Waals surface area contributed by atoms with Crippen molar-refractivity contribution in [3.63, 3.8) is 0 Å². The largest absolute Gasteiger partial charge is 0.479 e. The molecular weight excluding hydrogens is 660 g/mol. The van der Waals surface area contributed by atoms with Gasteiger partial charge in [-0.1, -0.05) is 11.6 Å². The van der Waals surface area contributed by atoms with Crippen molar-refractivity contribution in [3.8, 4) is 5.75 Å². The van der Waals surface area contributed by atoms with E-state index in [4.69, 9.17) is 21.1 Å². The van der Waals surface area contributed by atoms with Gasteiger partial charge in [0.15, 0.2) is 11.8 Å². The van der Waals surface area contributed by atoms with Crippen molar-refractivity contribution < 1.29 is 47.9 Å². The second-order valence-corrected chi connectivity index (χ2v) is 14.1. The summed E-state index contributed by atoms with van der Waals surface area (Å²) in [5, 5.41) is 40.9. The maximum absolute atomic E-state index is 13.9. The second kappa shape index (κ2) is 13.9. The molecule has 0 bridgehead atoms. The Kier molecular flexibility index (Phi) is 10.3. The van der Waals surface area contributed by atoms with Crippen LogP contribution in [0.25, 0.3) is 11.0 Å². The van der Waals surface area contributed by atoms with Gasteiger partial charge in [-0.05, 0) is 62.9 Å². The van der Waals surface area contributed by atoms with Gasteiger partial charge in [-0.15, -0.1) is 0 Å². The van der Waals surface area contributed by atoms with Crippen LogP contribution < -0.4 is 19.3 Å². The number of rotatable bonds is 9. The van der Waals surface area contributed by atoms with Gasteiger partial charge in [0.1, 0.15) is 36.2 Å². The van der Waals surface area contributed by atoms with Crippen molar-refractivity contribution in [2.45, 2.75) is 62.4 Å². The van der Waals surface area contributed by atoms with Gasteiger partial charge in [-0.2, -0.15) is 0 Å². The number of carboxylic acid groups (broad SMARTS) is 1. The van der Waals surface area contributed by atoms with E-state index in [2.05, 4.69) is 14.7 Å². The second-order valence-electron chi connectivity index (χ2n) is 11.7. The minimum atomic E-state index is -3.29. The Balaban J connectivity index is 1.36. The van der Waals surface area contributed by atoms with Gasteiger partial charge >= 0.3 is 12.0 Å². The molecule has 5 atom stereocenters. The number of fused-ring (bicyclic) bond motifs is 1. The predicted octanol–water partition coefficient (Wildman–Crippen LogP) is 1.00. The van der Waals surface area contributed by atoms with Gasteiger partial charge in [0.25, 0.3) is 0 Å². The first-order valence-electron chi connectivity index (χ1n) is 14.8. The third kappa shape index (κ3) is 7.15. The summed E-state index contributed by atoms with van der Waals surface area (Å²) in [6.45, 7) is 0. The molecule has 1 saturated heterocycles. The van der Waals surface area contributed by atoms with E-state index in [0.29, 0.717) is 16.9 Å². The number of aromatic nitrogens is 3. The molecule has 2 aliphatic rings. The number of carboxylic acids is 1. The number of amides is 1. The molecule has 1 amide bonds. The first-order chi connectivity index (χ1) is 22.2. The molecule has 1 aliphatic carbocycles. The van der Waals surface area contributed by atoms with Crippen LogP contribution in [-0.2, 0) is 19.6 Å². The summed E-state index contributed by atoms with van der Waals surface area (Å²) in [6, 6.07) is 5.50. The van der Waals surface area contributed by atoms with Crippen LogP contribution in [0.3, 0.4) is 0 Å². The molecule has 0 radical (unpaired) electrons. The summed E-state index contributed by atoms with van der Waals surface area (Å²) in [5.74, 6) is -0.830. The van der Waals surface area contributed by atoms with E-state index in [1.54, 1.807) is 12.3 Å². The topological polar surface area (TPSA) is 217 Å². The van der Waals surface area contributed by atoms with E-state index in [1.807, 2.05) is 11.9 Å². The van der Waals surface area contributed by atoms with Crippen LogP contribution in [0.15, 0.2) is 36.8 Å². The van der Waals surface area contributed by atoms with Gasteiger partial charge in [0.2, 0.25) is 16.3 Å². The maximum atomic E-state index is 13.9. The number of aliphatic hydroxyl groups excluding tert-OH is 3. The Labute approximate surface area is 275 Å². The minimum Gasteiger partial charge on any atom is -0.479 e. The molecule has 47 heavy (non-hydrogen) atoms. The molecule has 18 heteroatoms. The zero-order valence-electron chi connectivity index (χ0n) is 25.8. The number of carbonyl (C=O) groups excluding carboxylic acids is 1. The van der Waals surface area contributed by atoms with E-state index >= 15 is 0 Å². The summed E-state index contributed by atoms with van der Waals surface area (Å²) >= 11 is 6.25. The van der Waals surface area contributed by atoms with E-state index in [-0.39, 0.29) is 34.2 Å². The predicted molar refractivity (Wildman–Crippen MR) is 170 cm³/mol. The lowest BCUT2D eigenvalue weighted by molar-refractivity contribution is -0.271. The van der Waals surface area contributed by atoms with Gasteiger partial charge in [-0.3, -0.25) is 9.47 Å². The van der Waals surface area contributed by atoms with Gasteiger partial charge < -0.3 is 34.8 Å². The molecule has 16 nitrogen and oxygen atoms in total. The number of nitrogens with zero attached hydrogens (tertiary/aromatic N) is 5. The molecule has 5 rings (SSSR count). The molecule has 1 aliphatic heterocycles. The fourth-order valence-corrected chi connectivity index (χ4v) is 7.32. The molecule has 5 N–H and O–H groups in total. The summed E-state index contributed by atoms with van der Waals surface area (Å²) in [7, 11) is 1.48. The van der Waals surface area contributed by atoms with Crippen LogP contribution in [0.4, 0.5) is 16.3 Å². The van der Waals surface area contributed by atoms with Crippen LogP contribution in [0, 0.1) is 5.92 Å². The normalized spacial score (nSPS) is 26.6.